The van der Waals surface area contributed by atoms with Gasteiger partial charge in [-0.2, -0.15) is 13.5 Å². The molecule has 25 heavy (non-hydrogen) atoms. The number of benzene rings is 2. The van der Waals surface area contributed by atoms with Crippen molar-refractivity contribution in [3.05, 3.63) is 64.7 Å². The van der Waals surface area contributed by atoms with E-state index in [0.717, 1.165) is 11.1 Å². The molecule has 1 aliphatic rings. The van der Waals surface area contributed by atoms with Crippen molar-refractivity contribution in [2.75, 3.05) is 6.54 Å². The summed E-state index contributed by atoms with van der Waals surface area (Å²) in [7, 11) is -3.85. The molecular formula is C16H12ClN3O4S. The Morgan fingerprint density at radius 3 is 2.12 bits per heavy atom. The summed E-state index contributed by atoms with van der Waals surface area (Å²) in [5, 5.41) is 4.01. The van der Waals surface area contributed by atoms with Crippen LogP contribution in [-0.2, 0) is 10.0 Å². The first kappa shape index (κ1) is 17.1. The zero-order valence-corrected chi connectivity index (χ0v) is 14.3. The lowest BCUT2D eigenvalue weighted by Crippen LogP contribution is -2.32. The van der Waals surface area contributed by atoms with Crippen LogP contribution in [0.25, 0.3) is 0 Å². The van der Waals surface area contributed by atoms with E-state index in [4.69, 9.17) is 11.6 Å². The number of carbonyl (C=O) groups is 2. The molecule has 1 heterocycles. The minimum absolute atomic E-state index is 0.00483. The van der Waals surface area contributed by atoms with E-state index in [1.165, 1.54) is 24.3 Å². The van der Waals surface area contributed by atoms with E-state index in [0.29, 0.717) is 16.1 Å². The predicted molar refractivity (Wildman–Crippen MR) is 92.1 cm³/mol. The maximum Gasteiger partial charge on any atom is 0.276 e. The van der Waals surface area contributed by atoms with Gasteiger partial charge in [0.15, 0.2) is 0 Å². The Morgan fingerprint density at radius 1 is 1.00 bits per heavy atom. The number of hydrogen-bond donors (Lipinski definition) is 1. The number of rotatable bonds is 5. The number of sulfonamides is 1. The lowest BCUT2D eigenvalue weighted by molar-refractivity contribution is 0.0679. The topological polar surface area (TPSA) is 95.9 Å². The summed E-state index contributed by atoms with van der Waals surface area (Å²) in [5.74, 6) is -0.875. The molecule has 0 radical (unpaired) electrons. The fraction of sp³-hybridized carbons (Fsp3) is 0.0625. The van der Waals surface area contributed by atoms with Gasteiger partial charge in [-0.05, 0) is 36.4 Å². The number of fused-ring (bicyclic) bond motifs is 1. The second-order valence-electron chi connectivity index (χ2n) is 5.13. The molecule has 0 saturated carbocycles. The molecule has 0 atom stereocenters. The van der Waals surface area contributed by atoms with E-state index in [1.54, 1.807) is 24.3 Å². The zero-order valence-electron chi connectivity index (χ0n) is 12.7. The fourth-order valence-corrected chi connectivity index (χ4v) is 3.24. The number of nitrogens with zero attached hydrogens (tertiary/aromatic N) is 2. The Labute approximate surface area is 149 Å². The molecule has 0 saturated heterocycles. The van der Waals surface area contributed by atoms with E-state index in [2.05, 4.69) is 5.10 Å². The van der Waals surface area contributed by atoms with Gasteiger partial charge in [-0.1, -0.05) is 23.7 Å². The molecule has 3 rings (SSSR count). The minimum atomic E-state index is -3.85. The van der Waals surface area contributed by atoms with Crippen molar-refractivity contribution in [1.29, 1.82) is 0 Å². The van der Waals surface area contributed by atoms with Crippen LogP contribution in [0.4, 0.5) is 0 Å². The zero-order chi connectivity index (χ0) is 18.0. The Kier molecular flexibility index (Phi) is 4.56. The fourth-order valence-electron chi connectivity index (χ4n) is 2.30. The molecule has 0 fully saturated rings. The van der Waals surface area contributed by atoms with E-state index in [9.17, 15) is 18.0 Å². The summed E-state index contributed by atoms with van der Waals surface area (Å²) < 4.78 is 24.1. The molecule has 0 spiro atoms. The Hall–Kier alpha value is -2.71. The average molecular weight is 378 g/mol. The Morgan fingerprint density at radius 2 is 1.56 bits per heavy atom. The third-order valence-corrected chi connectivity index (χ3v) is 5.02. The second kappa shape index (κ2) is 6.66. The summed E-state index contributed by atoms with van der Waals surface area (Å²) in [6.45, 7) is -0.143. The Balaban J connectivity index is 1.66. The largest absolute Gasteiger partial charge is 0.276 e. The maximum atomic E-state index is 12.1. The van der Waals surface area contributed by atoms with Crippen LogP contribution in [0.5, 0.6) is 0 Å². The normalized spacial score (nSPS) is 14.2. The number of amides is 2. The van der Waals surface area contributed by atoms with Gasteiger partial charge in [0.2, 0.25) is 0 Å². The van der Waals surface area contributed by atoms with Crippen LogP contribution in [0.15, 0.2) is 58.5 Å². The van der Waals surface area contributed by atoms with Crippen molar-refractivity contribution < 1.29 is 18.0 Å². The van der Waals surface area contributed by atoms with Crippen molar-refractivity contribution in [2.24, 2.45) is 5.10 Å². The van der Waals surface area contributed by atoms with Gasteiger partial charge >= 0.3 is 0 Å². The van der Waals surface area contributed by atoms with Gasteiger partial charge in [0.05, 0.1) is 22.6 Å². The number of imide groups is 1. The number of halogens is 1. The van der Waals surface area contributed by atoms with Gasteiger partial charge in [-0.3, -0.25) is 14.5 Å². The minimum Gasteiger partial charge on any atom is -0.269 e. The molecule has 0 unspecified atom stereocenters. The summed E-state index contributed by atoms with van der Waals surface area (Å²) in [6, 6.07) is 12.0. The van der Waals surface area contributed by atoms with Crippen LogP contribution >= 0.6 is 11.6 Å². The second-order valence-corrected chi connectivity index (χ2v) is 7.22. The van der Waals surface area contributed by atoms with Crippen LogP contribution in [0.1, 0.15) is 20.7 Å². The Bertz CT molecular complexity index is 936. The maximum absolute atomic E-state index is 12.1. The van der Waals surface area contributed by atoms with Crippen molar-refractivity contribution in [1.82, 2.24) is 9.73 Å². The van der Waals surface area contributed by atoms with Gasteiger partial charge in [-0.25, -0.2) is 4.83 Å². The number of carbonyl (C=O) groups excluding carboxylic acids is 2. The third kappa shape index (κ3) is 3.40. The molecule has 2 aromatic rings. The lowest BCUT2D eigenvalue weighted by Gasteiger charge is -2.10. The summed E-state index contributed by atoms with van der Waals surface area (Å²) in [4.78, 5) is 27.3. The van der Waals surface area contributed by atoms with Gasteiger partial charge in [0, 0.05) is 11.2 Å². The molecule has 1 N–H and O–H groups in total. The standard InChI is InChI=1S/C16H12ClN3O4S/c17-11-5-7-12(8-6-11)25(23,24)19-18-9-10-20-15(21)13-3-1-2-4-14(13)16(20)22/h1-9,19H,10H2/b18-9+. The molecule has 0 aliphatic carbocycles. The monoisotopic (exact) mass is 377 g/mol. The number of hydrogen-bond acceptors (Lipinski definition) is 5. The highest BCUT2D eigenvalue weighted by atomic mass is 35.5. The van der Waals surface area contributed by atoms with Crippen molar-refractivity contribution in [3.63, 3.8) is 0 Å². The highest BCUT2D eigenvalue weighted by Crippen LogP contribution is 2.21. The first-order valence-electron chi connectivity index (χ1n) is 7.14. The molecule has 0 aromatic heterocycles. The number of hydrazone groups is 1. The summed E-state index contributed by atoms with van der Waals surface area (Å²) >= 11 is 5.71. The van der Waals surface area contributed by atoms with Gasteiger partial charge in [-0.15, -0.1) is 0 Å². The summed E-state index contributed by atoms with van der Waals surface area (Å²) in [5.41, 5.74) is 0.644. The van der Waals surface area contributed by atoms with Gasteiger partial charge < -0.3 is 0 Å². The molecule has 2 amide bonds. The van der Waals surface area contributed by atoms with Crippen molar-refractivity contribution in [3.8, 4) is 0 Å². The first-order chi connectivity index (χ1) is 11.9. The van der Waals surface area contributed by atoms with Gasteiger partial charge in [0.1, 0.15) is 0 Å². The van der Waals surface area contributed by atoms with Crippen LogP contribution in [0, 0.1) is 0 Å². The van der Waals surface area contributed by atoms with E-state index in [-0.39, 0.29) is 11.4 Å². The third-order valence-electron chi connectivity index (χ3n) is 3.53. The predicted octanol–water partition coefficient (Wildman–Crippen LogP) is 1.90. The SMILES string of the molecule is O=C1c2ccccc2C(=O)N1C/C=N/NS(=O)(=O)c1ccc(Cl)cc1. The first-order valence-corrected chi connectivity index (χ1v) is 9.00. The molecule has 9 heteroatoms. The molecule has 1 aliphatic heterocycles. The van der Waals surface area contributed by atoms with Crippen LogP contribution in [0.3, 0.4) is 0 Å². The van der Waals surface area contributed by atoms with E-state index in [1.807, 2.05) is 4.83 Å². The molecule has 2 aromatic carbocycles. The van der Waals surface area contributed by atoms with Crippen LogP contribution in [-0.4, -0.2) is 37.9 Å². The van der Waals surface area contributed by atoms with E-state index >= 15 is 0 Å². The molecule has 0 bridgehead atoms. The van der Waals surface area contributed by atoms with Crippen molar-refractivity contribution >= 4 is 39.7 Å². The van der Waals surface area contributed by atoms with Crippen molar-refractivity contribution in [2.45, 2.75) is 4.90 Å². The molecule has 128 valence electrons. The molecular weight excluding hydrogens is 366 g/mol. The van der Waals surface area contributed by atoms with Crippen LogP contribution < -0.4 is 4.83 Å². The highest BCUT2D eigenvalue weighted by Gasteiger charge is 2.34. The quantitative estimate of drug-likeness (QED) is 0.489. The average Bonchev–Trinajstić information content (AvgIpc) is 2.84. The summed E-state index contributed by atoms with van der Waals surface area (Å²) in [6.07, 6.45) is 1.15. The molecule has 7 nitrogen and oxygen atoms in total. The van der Waals surface area contributed by atoms with E-state index < -0.39 is 21.8 Å². The van der Waals surface area contributed by atoms with Crippen LogP contribution in [0.2, 0.25) is 5.02 Å². The van der Waals surface area contributed by atoms with Gasteiger partial charge in [0.25, 0.3) is 21.8 Å². The number of nitrogens with one attached hydrogen (secondary N) is 1. The highest BCUT2D eigenvalue weighted by molar-refractivity contribution is 7.89. The smallest absolute Gasteiger partial charge is 0.269 e. The lowest BCUT2D eigenvalue weighted by atomic mass is 10.1.